The number of aliphatic carboxylic acids is 1. The fourth-order valence-corrected chi connectivity index (χ4v) is 0.646. The van der Waals surface area contributed by atoms with E-state index in [9.17, 15) is 9.59 Å². The molecule has 0 aromatic heterocycles. The lowest BCUT2D eigenvalue weighted by atomic mass is 10.2. The molecule has 0 saturated heterocycles. The minimum atomic E-state index is -0.979. The number of hydrogen-bond donors (Lipinski definition) is 1. The van der Waals surface area contributed by atoms with E-state index in [0.29, 0.717) is 5.57 Å². The summed E-state index contributed by atoms with van der Waals surface area (Å²) in [4.78, 5) is 21.2. The molecule has 0 aromatic rings. The average Bonchev–Trinajstić information content (AvgIpc) is 2.14. The van der Waals surface area contributed by atoms with Crippen molar-refractivity contribution in [3.05, 3.63) is 36.6 Å². The summed E-state index contributed by atoms with van der Waals surface area (Å²) in [6, 6.07) is 0. The molecule has 0 saturated carbocycles. The molecular weight excluding hydrogens is 184 g/mol. The van der Waals surface area contributed by atoms with Crippen molar-refractivity contribution in [3.8, 4) is 0 Å². The quantitative estimate of drug-likeness (QED) is 0.314. The van der Waals surface area contributed by atoms with E-state index in [1.54, 1.807) is 13.0 Å². The fourth-order valence-electron chi connectivity index (χ4n) is 0.646. The van der Waals surface area contributed by atoms with Gasteiger partial charge in [-0.05, 0) is 13.0 Å². The molecule has 0 aromatic carbocycles. The molecule has 0 spiro atoms. The SMILES string of the molecule is C=CC(=CC)C(=O)OC=CCC(=O)O. The number of allylic oxidation sites excluding steroid dienone is 1. The molecule has 0 unspecified atom stereocenters. The summed E-state index contributed by atoms with van der Waals surface area (Å²) in [6.45, 7) is 5.10. The van der Waals surface area contributed by atoms with Gasteiger partial charge in [0.2, 0.25) is 0 Å². The summed E-state index contributed by atoms with van der Waals surface area (Å²) in [7, 11) is 0. The van der Waals surface area contributed by atoms with Gasteiger partial charge in [-0.1, -0.05) is 18.7 Å². The lowest BCUT2D eigenvalue weighted by Gasteiger charge is -1.97. The zero-order chi connectivity index (χ0) is 11.0. The van der Waals surface area contributed by atoms with Gasteiger partial charge in [-0.2, -0.15) is 0 Å². The van der Waals surface area contributed by atoms with Crippen molar-refractivity contribution >= 4 is 11.9 Å². The van der Waals surface area contributed by atoms with E-state index < -0.39 is 11.9 Å². The maximum absolute atomic E-state index is 11.1. The van der Waals surface area contributed by atoms with Crippen LogP contribution in [0.5, 0.6) is 0 Å². The Labute approximate surface area is 82.2 Å². The van der Waals surface area contributed by atoms with Gasteiger partial charge in [0.25, 0.3) is 0 Å². The van der Waals surface area contributed by atoms with Crippen molar-refractivity contribution in [1.29, 1.82) is 0 Å². The van der Waals surface area contributed by atoms with E-state index in [1.807, 2.05) is 0 Å². The monoisotopic (exact) mass is 196 g/mol. The van der Waals surface area contributed by atoms with Crippen LogP contribution >= 0.6 is 0 Å². The van der Waals surface area contributed by atoms with Gasteiger partial charge in [0, 0.05) is 0 Å². The first kappa shape index (κ1) is 12.2. The van der Waals surface area contributed by atoms with Crippen molar-refractivity contribution in [2.45, 2.75) is 13.3 Å². The van der Waals surface area contributed by atoms with Gasteiger partial charge < -0.3 is 9.84 Å². The smallest absolute Gasteiger partial charge is 0.342 e. The van der Waals surface area contributed by atoms with Crippen LogP contribution < -0.4 is 0 Å². The number of esters is 1. The molecular formula is C10H12O4. The van der Waals surface area contributed by atoms with E-state index in [1.165, 1.54) is 12.2 Å². The van der Waals surface area contributed by atoms with Crippen LogP contribution in [0.2, 0.25) is 0 Å². The van der Waals surface area contributed by atoms with Gasteiger partial charge in [-0.15, -0.1) is 0 Å². The molecule has 0 amide bonds. The lowest BCUT2D eigenvalue weighted by Crippen LogP contribution is -2.01. The maximum atomic E-state index is 11.1. The summed E-state index contributed by atoms with van der Waals surface area (Å²) in [5.41, 5.74) is 0.338. The fraction of sp³-hybridized carbons (Fsp3) is 0.200. The standard InChI is InChI=1S/C10H12O4/c1-3-8(4-2)10(13)14-7-5-6-9(11)12/h3-5,7H,1,6H2,2H3,(H,11,12). The number of carboxylic acid groups (broad SMARTS) is 1. The lowest BCUT2D eigenvalue weighted by molar-refractivity contribution is -0.136. The highest BCUT2D eigenvalue weighted by Crippen LogP contribution is 1.99. The Morgan fingerprint density at radius 3 is 2.57 bits per heavy atom. The van der Waals surface area contributed by atoms with Crippen molar-refractivity contribution in [3.63, 3.8) is 0 Å². The van der Waals surface area contributed by atoms with Crippen LogP contribution in [0.3, 0.4) is 0 Å². The second-order valence-corrected chi connectivity index (χ2v) is 2.32. The third kappa shape index (κ3) is 4.92. The van der Waals surface area contributed by atoms with Crippen LogP contribution in [0.1, 0.15) is 13.3 Å². The summed E-state index contributed by atoms with van der Waals surface area (Å²) in [5.74, 6) is -1.53. The van der Waals surface area contributed by atoms with Gasteiger partial charge >= 0.3 is 11.9 Å². The Morgan fingerprint density at radius 2 is 2.14 bits per heavy atom. The normalized spacial score (nSPS) is 11.4. The predicted octanol–water partition coefficient (Wildman–Crippen LogP) is 1.65. The van der Waals surface area contributed by atoms with Gasteiger partial charge in [0.05, 0.1) is 18.3 Å². The van der Waals surface area contributed by atoms with Gasteiger partial charge in [-0.3, -0.25) is 4.79 Å². The number of carbonyl (C=O) groups is 2. The summed E-state index contributed by atoms with van der Waals surface area (Å²) >= 11 is 0. The number of ether oxygens (including phenoxy) is 1. The van der Waals surface area contributed by atoms with Crippen molar-refractivity contribution < 1.29 is 19.4 Å². The van der Waals surface area contributed by atoms with E-state index in [2.05, 4.69) is 11.3 Å². The highest BCUT2D eigenvalue weighted by atomic mass is 16.5. The average molecular weight is 196 g/mol. The Hall–Kier alpha value is -1.84. The van der Waals surface area contributed by atoms with Gasteiger partial charge in [0.1, 0.15) is 0 Å². The Balaban J connectivity index is 4.02. The van der Waals surface area contributed by atoms with E-state index >= 15 is 0 Å². The molecule has 0 rings (SSSR count). The molecule has 4 nitrogen and oxygen atoms in total. The van der Waals surface area contributed by atoms with Crippen LogP contribution in [-0.4, -0.2) is 17.0 Å². The van der Waals surface area contributed by atoms with Crippen LogP contribution in [-0.2, 0) is 14.3 Å². The first-order valence-corrected chi connectivity index (χ1v) is 3.98. The molecule has 1 N–H and O–H groups in total. The summed E-state index contributed by atoms with van der Waals surface area (Å²) in [6.07, 6.45) is 5.06. The van der Waals surface area contributed by atoms with Crippen LogP contribution in [0.4, 0.5) is 0 Å². The zero-order valence-corrected chi connectivity index (χ0v) is 7.90. The van der Waals surface area contributed by atoms with Crippen molar-refractivity contribution in [2.75, 3.05) is 0 Å². The van der Waals surface area contributed by atoms with E-state index in [4.69, 9.17) is 5.11 Å². The van der Waals surface area contributed by atoms with Gasteiger partial charge in [-0.25, -0.2) is 4.79 Å². The number of hydrogen-bond acceptors (Lipinski definition) is 3. The first-order chi connectivity index (χ1) is 6.61. The molecule has 0 heterocycles. The number of rotatable bonds is 5. The molecule has 0 aliphatic heterocycles. The molecule has 4 heteroatoms. The molecule has 0 aliphatic rings. The zero-order valence-electron chi connectivity index (χ0n) is 7.90. The van der Waals surface area contributed by atoms with Crippen molar-refractivity contribution in [2.24, 2.45) is 0 Å². The van der Waals surface area contributed by atoms with E-state index in [0.717, 1.165) is 6.26 Å². The van der Waals surface area contributed by atoms with Crippen molar-refractivity contribution in [1.82, 2.24) is 0 Å². The second kappa shape index (κ2) is 6.65. The van der Waals surface area contributed by atoms with Crippen LogP contribution in [0.25, 0.3) is 0 Å². The molecule has 0 atom stereocenters. The largest absolute Gasteiger partial charge is 0.481 e. The number of carboxylic acids is 1. The minimum Gasteiger partial charge on any atom is -0.481 e. The van der Waals surface area contributed by atoms with Crippen LogP contribution in [0, 0.1) is 0 Å². The first-order valence-electron chi connectivity index (χ1n) is 3.98. The topological polar surface area (TPSA) is 63.6 Å². The van der Waals surface area contributed by atoms with Gasteiger partial charge in [0.15, 0.2) is 0 Å². The Morgan fingerprint density at radius 1 is 1.50 bits per heavy atom. The highest BCUT2D eigenvalue weighted by molar-refractivity contribution is 5.91. The molecule has 0 bridgehead atoms. The maximum Gasteiger partial charge on any atom is 0.342 e. The highest BCUT2D eigenvalue weighted by Gasteiger charge is 2.03. The molecule has 76 valence electrons. The number of carbonyl (C=O) groups excluding carboxylic acids is 1. The third-order valence-electron chi connectivity index (χ3n) is 1.33. The third-order valence-corrected chi connectivity index (χ3v) is 1.33. The molecule has 0 fully saturated rings. The summed E-state index contributed by atoms with van der Waals surface area (Å²) < 4.78 is 4.61. The summed E-state index contributed by atoms with van der Waals surface area (Å²) in [5, 5.41) is 8.26. The second-order valence-electron chi connectivity index (χ2n) is 2.32. The minimum absolute atomic E-state index is 0.174. The Kier molecular flexibility index (Phi) is 5.78. The molecule has 14 heavy (non-hydrogen) atoms. The Bertz CT molecular complexity index is 286. The van der Waals surface area contributed by atoms with Crippen LogP contribution in [0.15, 0.2) is 36.6 Å². The predicted molar refractivity (Wildman–Crippen MR) is 51.4 cm³/mol. The van der Waals surface area contributed by atoms with E-state index in [-0.39, 0.29) is 6.42 Å². The molecule has 0 aliphatic carbocycles. The molecule has 0 radical (unpaired) electrons.